The molecule has 0 unspecified atom stereocenters. The lowest BCUT2D eigenvalue weighted by Gasteiger charge is -2.28. The average Bonchev–Trinajstić information content (AvgIpc) is 2.47. The van der Waals surface area contributed by atoms with E-state index in [-0.39, 0.29) is 11.6 Å². The maximum Gasteiger partial charge on any atom is 0.0748 e. The van der Waals surface area contributed by atoms with Gasteiger partial charge in [0.05, 0.1) is 11.6 Å². The van der Waals surface area contributed by atoms with Gasteiger partial charge in [0.2, 0.25) is 0 Å². The minimum absolute atomic E-state index is 0.105. The molecule has 0 fully saturated rings. The van der Waals surface area contributed by atoms with Crippen molar-refractivity contribution in [1.82, 2.24) is 5.32 Å². The van der Waals surface area contributed by atoms with Gasteiger partial charge in [-0.25, -0.2) is 0 Å². The van der Waals surface area contributed by atoms with Crippen LogP contribution in [0.2, 0.25) is 0 Å². The van der Waals surface area contributed by atoms with E-state index in [0.29, 0.717) is 0 Å². The van der Waals surface area contributed by atoms with E-state index < -0.39 is 0 Å². The van der Waals surface area contributed by atoms with Crippen molar-refractivity contribution in [2.75, 3.05) is 0 Å². The molecule has 0 spiro atoms. The number of hydrogen-bond donors (Lipinski definition) is 1. The Labute approximate surface area is 115 Å². The topological polar surface area (TPSA) is 12.0 Å². The van der Waals surface area contributed by atoms with Gasteiger partial charge in [-0.3, -0.25) is 5.32 Å². The third kappa shape index (κ3) is 3.47. The van der Waals surface area contributed by atoms with Gasteiger partial charge in [-0.05, 0) is 25.0 Å². The van der Waals surface area contributed by atoms with Crippen LogP contribution in [0.15, 0.2) is 60.7 Å². The Kier molecular flexibility index (Phi) is 4.04. The Balaban J connectivity index is 2.38. The summed E-state index contributed by atoms with van der Waals surface area (Å²) in [6.07, 6.45) is 5.60. The predicted octanol–water partition coefficient (Wildman–Crippen LogP) is 3.78. The molecule has 0 radical (unpaired) electrons. The molecule has 1 nitrogen and oxygen atoms in total. The number of benzene rings is 2. The van der Waals surface area contributed by atoms with Crippen molar-refractivity contribution in [3.63, 3.8) is 0 Å². The molecule has 2 rings (SSSR count). The van der Waals surface area contributed by atoms with E-state index in [1.165, 1.54) is 11.1 Å². The first-order valence-corrected chi connectivity index (χ1v) is 6.48. The molecule has 2 aromatic carbocycles. The van der Waals surface area contributed by atoms with Crippen LogP contribution in [-0.2, 0) is 0 Å². The maximum absolute atomic E-state index is 5.60. The van der Waals surface area contributed by atoms with E-state index in [1.54, 1.807) is 0 Å². The zero-order valence-corrected chi connectivity index (χ0v) is 11.4. The fraction of sp³-hybridized carbons (Fsp3) is 0.222. The Morgan fingerprint density at radius 1 is 0.895 bits per heavy atom. The third-order valence-corrected chi connectivity index (χ3v) is 3.13. The van der Waals surface area contributed by atoms with Gasteiger partial charge in [0.25, 0.3) is 0 Å². The maximum atomic E-state index is 5.60. The molecular formula is C18H19N. The molecule has 0 aromatic heterocycles. The molecule has 0 aliphatic carbocycles. The molecule has 1 N–H and O–H groups in total. The lowest BCUT2D eigenvalue weighted by atomic mass is 9.95. The molecule has 0 amide bonds. The van der Waals surface area contributed by atoms with Crippen LogP contribution in [0.3, 0.4) is 0 Å². The van der Waals surface area contributed by atoms with Crippen LogP contribution in [0.4, 0.5) is 0 Å². The molecule has 0 heterocycles. The van der Waals surface area contributed by atoms with E-state index in [4.69, 9.17) is 6.42 Å². The van der Waals surface area contributed by atoms with Gasteiger partial charge in [0.1, 0.15) is 0 Å². The smallest absolute Gasteiger partial charge is 0.0748 e. The van der Waals surface area contributed by atoms with Crippen molar-refractivity contribution < 1.29 is 0 Å². The Morgan fingerprint density at radius 3 is 1.68 bits per heavy atom. The summed E-state index contributed by atoms with van der Waals surface area (Å²) in [6, 6.07) is 20.9. The lowest BCUT2D eigenvalue weighted by Crippen LogP contribution is -2.40. The summed E-state index contributed by atoms with van der Waals surface area (Å²) in [6.45, 7) is 4.04. The molecule has 0 atom stereocenters. The Bertz CT molecular complexity index is 510. The average molecular weight is 249 g/mol. The molecule has 19 heavy (non-hydrogen) atoms. The van der Waals surface area contributed by atoms with Gasteiger partial charge in [0, 0.05) is 0 Å². The number of rotatable bonds is 4. The Morgan fingerprint density at radius 2 is 1.32 bits per heavy atom. The molecule has 0 aliphatic heterocycles. The molecule has 2 aromatic rings. The van der Waals surface area contributed by atoms with Crippen LogP contribution < -0.4 is 5.32 Å². The van der Waals surface area contributed by atoms with Gasteiger partial charge < -0.3 is 0 Å². The fourth-order valence-electron chi connectivity index (χ4n) is 2.05. The van der Waals surface area contributed by atoms with Gasteiger partial charge in [0.15, 0.2) is 0 Å². The molecule has 0 aliphatic rings. The number of nitrogens with one attached hydrogen (secondary N) is 1. The fourth-order valence-corrected chi connectivity index (χ4v) is 2.05. The molecule has 0 bridgehead atoms. The number of hydrogen-bond acceptors (Lipinski definition) is 1. The molecule has 0 saturated heterocycles. The third-order valence-electron chi connectivity index (χ3n) is 3.13. The number of terminal acetylenes is 1. The van der Waals surface area contributed by atoms with Crippen LogP contribution >= 0.6 is 0 Å². The lowest BCUT2D eigenvalue weighted by molar-refractivity contribution is 0.448. The highest BCUT2D eigenvalue weighted by atomic mass is 15.0. The van der Waals surface area contributed by atoms with Crippen molar-refractivity contribution in [1.29, 1.82) is 0 Å². The van der Waals surface area contributed by atoms with Crippen LogP contribution in [0.25, 0.3) is 0 Å². The zero-order chi connectivity index (χ0) is 13.7. The van der Waals surface area contributed by atoms with Crippen LogP contribution in [0, 0.1) is 12.3 Å². The highest BCUT2D eigenvalue weighted by molar-refractivity contribution is 5.32. The second-order valence-corrected chi connectivity index (χ2v) is 5.17. The van der Waals surface area contributed by atoms with E-state index in [9.17, 15) is 0 Å². The molecular weight excluding hydrogens is 230 g/mol. The first-order valence-electron chi connectivity index (χ1n) is 6.48. The Hall–Kier alpha value is -2.04. The summed E-state index contributed by atoms with van der Waals surface area (Å²) >= 11 is 0. The standard InChI is InChI=1S/C18H19N/c1-4-18(2,3)19-17(15-11-7-5-8-12-15)16-13-9-6-10-14-16/h1,5-14,17,19H,2-3H3. The van der Waals surface area contributed by atoms with Crippen molar-refractivity contribution >= 4 is 0 Å². The second-order valence-electron chi connectivity index (χ2n) is 5.17. The summed E-state index contributed by atoms with van der Waals surface area (Å²) in [5.74, 6) is 2.80. The quantitative estimate of drug-likeness (QED) is 0.813. The summed E-state index contributed by atoms with van der Waals surface area (Å²) in [4.78, 5) is 0. The predicted molar refractivity (Wildman–Crippen MR) is 80.8 cm³/mol. The van der Waals surface area contributed by atoms with E-state index >= 15 is 0 Å². The van der Waals surface area contributed by atoms with Gasteiger partial charge >= 0.3 is 0 Å². The van der Waals surface area contributed by atoms with Crippen LogP contribution in [0.1, 0.15) is 31.0 Å². The van der Waals surface area contributed by atoms with Crippen molar-refractivity contribution in [3.05, 3.63) is 71.8 Å². The van der Waals surface area contributed by atoms with Crippen molar-refractivity contribution in [2.24, 2.45) is 0 Å². The van der Waals surface area contributed by atoms with E-state index in [1.807, 2.05) is 26.0 Å². The van der Waals surface area contributed by atoms with Crippen LogP contribution in [-0.4, -0.2) is 5.54 Å². The summed E-state index contributed by atoms with van der Waals surface area (Å²) < 4.78 is 0. The SMILES string of the molecule is C#CC(C)(C)NC(c1ccccc1)c1ccccc1. The molecule has 96 valence electrons. The second kappa shape index (κ2) is 5.73. The minimum Gasteiger partial charge on any atom is -0.291 e. The minimum atomic E-state index is -0.351. The summed E-state index contributed by atoms with van der Waals surface area (Å²) in [5.41, 5.74) is 2.09. The highest BCUT2D eigenvalue weighted by Gasteiger charge is 2.22. The molecule has 0 saturated carbocycles. The van der Waals surface area contributed by atoms with Gasteiger partial charge in [-0.15, -0.1) is 6.42 Å². The van der Waals surface area contributed by atoms with Crippen molar-refractivity contribution in [2.45, 2.75) is 25.4 Å². The van der Waals surface area contributed by atoms with Gasteiger partial charge in [-0.2, -0.15) is 0 Å². The largest absolute Gasteiger partial charge is 0.291 e. The summed E-state index contributed by atoms with van der Waals surface area (Å²) in [7, 11) is 0. The summed E-state index contributed by atoms with van der Waals surface area (Å²) in [5, 5.41) is 3.54. The van der Waals surface area contributed by atoms with Gasteiger partial charge in [-0.1, -0.05) is 66.6 Å². The zero-order valence-electron chi connectivity index (χ0n) is 11.4. The van der Waals surface area contributed by atoms with E-state index in [2.05, 4.69) is 59.8 Å². The highest BCUT2D eigenvalue weighted by Crippen LogP contribution is 2.24. The normalized spacial score (nSPS) is 11.3. The first kappa shape index (κ1) is 13.4. The van der Waals surface area contributed by atoms with Crippen molar-refractivity contribution in [3.8, 4) is 12.3 Å². The molecule has 1 heteroatoms. The van der Waals surface area contributed by atoms with E-state index in [0.717, 1.165) is 0 Å². The first-order chi connectivity index (χ1) is 9.12. The monoisotopic (exact) mass is 249 g/mol. The van der Waals surface area contributed by atoms with Crippen LogP contribution in [0.5, 0.6) is 0 Å².